The van der Waals surface area contributed by atoms with Crippen LogP contribution >= 0.6 is 0 Å². The first-order chi connectivity index (χ1) is 6.17. The topological polar surface area (TPSA) is 35.5 Å². The largest absolute Gasteiger partial charge is 0.454 e. The first kappa shape index (κ1) is 8.26. The van der Waals surface area contributed by atoms with Crippen molar-refractivity contribution in [1.29, 1.82) is 0 Å². The van der Waals surface area contributed by atoms with E-state index in [1.54, 1.807) is 19.1 Å². The summed E-state index contributed by atoms with van der Waals surface area (Å²) in [6.07, 6.45) is 0. The number of carbonyl (C=O) groups excluding carboxylic acids is 1. The van der Waals surface area contributed by atoms with Gasteiger partial charge >= 0.3 is 0 Å². The number of para-hydroxylation sites is 1. The maximum Gasteiger partial charge on any atom is 0.272 e. The molecule has 0 radical (unpaired) electrons. The summed E-state index contributed by atoms with van der Waals surface area (Å²) in [4.78, 5) is 11.7. The van der Waals surface area contributed by atoms with Crippen molar-refractivity contribution in [2.45, 2.75) is 12.7 Å². The van der Waals surface area contributed by atoms with Crippen molar-refractivity contribution in [2.75, 3.05) is 7.11 Å². The molecule has 0 N–H and O–H groups in total. The lowest BCUT2D eigenvalue weighted by Gasteiger charge is -2.19. The van der Waals surface area contributed by atoms with E-state index in [9.17, 15) is 4.79 Å². The Morgan fingerprint density at radius 2 is 2.08 bits per heavy atom. The van der Waals surface area contributed by atoms with Gasteiger partial charge in [0.15, 0.2) is 0 Å². The minimum absolute atomic E-state index is 0.120. The lowest BCUT2D eigenvalue weighted by Crippen LogP contribution is -2.38. The fourth-order valence-electron chi connectivity index (χ4n) is 1.38. The highest BCUT2D eigenvalue weighted by molar-refractivity contribution is 6.06. The van der Waals surface area contributed by atoms with Crippen molar-refractivity contribution >= 4 is 5.78 Å². The summed E-state index contributed by atoms with van der Waals surface area (Å²) in [6.45, 7) is 1.62. The zero-order valence-corrected chi connectivity index (χ0v) is 7.53. The van der Waals surface area contributed by atoms with Crippen LogP contribution in [0.2, 0.25) is 0 Å². The second-order valence-corrected chi connectivity index (χ2v) is 3.08. The molecule has 1 heterocycles. The molecular formula is C10H10O3. The van der Waals surface area contributed by atoms with Gasteiger partial charge < -0.3 is 9.47 Å². The van der Waals surface area contributed by atoms with Gasteiger partial charge in [-0.05, 0) is 12.1 Å². The number of hydrogen-bond acceptors (Lipinski definition) is 3. The van der Waals surface area contributed by atoms with E-state index >= 15 is 0 Å². The average molecular weight is 178 g/mol. The molecule has 0 aromatic heterocycles. The maximum absolute atomic E-state index is 11.7. The van der Waals surface area contributed by atoms with E-state index in [0.717, 1.165) is 0 Å². The lowest BCUT2D eigenvalue weighted by atomic mass is 10.1. The number of Topliss-reactive ketones (excluding diaryl/α,β-unsaturated/α-hetero) is 1. The molecule has 13 heavy (non-hydrogen) atoms. The molecule has 3 nitrogen and oxygen atoms in total. The minimum Gasteiger partial charge on any atom is -0.454 e. The lowest BCUT2D eigenvalue weighted by molar-refractivity contribution is -0.104. The highest BCUT2D eigenvalue weighted by atomic mass is 16.7. The highest BCUT2D eigenvalue weighted by Gasteiger charge is 2.43. The van der Waals surface area contributed by atoms with Crippen LogP contribution in [-0.4, -0.2) is 18.7 Å². The molecule has 2 rings (SSSR count). The number of benzene rings is 1. The van der Waals surface area contributed by atoms with Crippen molar-refractivity contribution in [1.82, 2.24) is 0 Å². The van der Waals surface area contributed by atoms with Crippen LogP contribution in [0.4, 0.5) is 0 Å². The molecule has 1 atom stereocenters. The summed E-state index contributed by atoms with van der Waals surface area (Å²) in [6, 6.07) is 7.13. The van der Waals surface area contributed by atoms with Gasteiger partial charge in [0.1, 0.15) is 5.75 Å². The van der Waals surface area contributed by atoms with Gasteiger partial charge in [0.05, 0.1) is 5.56 Å². The summed E-state index contributed by atoms with van der Waals surface area (Å²) in [5.41, 5.74) is 0.590. The Kier molecular flexibility index (Phi) is 1.63. The monoisotopic (exact) mass is 178 g/mol. The highest BCUT2D eigenvalue weighted by Crippen LogP contribution is 2.34. The predicted molar refractivity (Wildman–Crippen MR) is 46.8 cm³/mol. The number of ether oxygens (including phenoxy) is 2. The van der Waals surface area contributed by atoms with Gasteiger partial charge in [-0.25, -0.2) is 0 Å². The molecule has 1 aliphatic heterocycles. The molecule has 0 spiro atoms. The standard InChI is InChI=1S/C10H10O3/c1-10(12-2)9(11)7-5-3-4-6-8(7)13-10/h3-6H,1-2H3. The van der Waals surface area contributed by atoms with Gasteiger partial charge in [0, 0.05) is 14.0 Å². The molecule has 0 bridgehead atoms. The van der Waals surface area contributed by atoms with Crippen molar-refractivity contribution in [3.8, 4) is 5.75 Å². The number of ketones is 1. The number of hydrogen-bond donors (Lipinski definition) is 0. The number of carbonyl (C=O) groups is 1. The normalized spacial score (nSPS) is 25.5. The van der Waals surface area contributed by atoms with Gasteiger partial charge in [0.2, 0.25) is 5.78 Å². The van der Waals surface area contributed by atoms with E-state index < -0.39 is 5.79 Å². The van der Waals surface area contributed by atoms with Crippen LogP contribution in [0.15, 0.2) is 24.3 Å². The van der Waals surface area contributed by atoms with Crippen molar-refractivity contribution in [3.63, 3.8) is 0 Å². The Labute approximate surface area is 76.3 Å². The fraction of sp³-hybridized carbons (Fsp3) is 0.300. The molecule has 0 saturated carbocycles. The van der Waals surface area contributed by atoms with Crippen molar-refractivity contribution < 1.29 is 14.3 Å². The first-order valence-electron chi connectivity index (χ1n) is 4.05. The Bertz CT molecular complexity index is 359. The van der Waals surface area contributed by atoms with Crippen LogP contribution in [-0.2, 0) is 4.74 Å². The number of fused-ring (bicyclic) bond motifs is 1. The van der Waals surface area contributed by atoms with Crippen LogP contribution in [0.5, 0.6) is 5.75 Å². The summed E-state index contributed by atoms with van der Waals surface area (Å²) in [5.74, 6) is -0.661. The predicted octanol–water partition coefficient (Wildman–Crippen LogP) is 1.62. The quantitative estimate of drug-likeness (QED) is 0.655. The molecule has 1 aromatic rings. The minimum atomic E-state index is -1.14. The van der Waals surface area contributed by atoms with E-state index in [0.29, 0.717) is 11.3 Å². The van der Waals surface area contributed by atoms with Gasteiger partial charge in [-0.3, -0.25) is 4.79 Å². The van der Waals surface area contributed by atoms with E-state index in [1.165, 1.54) is 7.11 Å². The number of rotatable bonds is 1. The second-order valence-electron chi connectivity index (χ2n) is 3.08. The molecule has 0 fully saturated rings. The zero-order valence-electron chi connectivity index (χ0n) is 7.53. The molecule has 1 unspecified atom stereocenters. The van der Waals surface area contributed by atoms with E-state index in [4.69, 9.17) is 9.47 Å². The average Bonchev–Trinajstić information content (AvgIpc) is 2.41. The van der Waals surface area contributed by atoms with Crippen molar-refractivity contribution in [3.05, 3.63) is 29.8 Å². The molecule has 0 saturated heterocycles. The second kappa shape index (κ2) is 2.57. The van der Waals surface area contributed by atoms with Crippen LogP contribution in [0.25, 0.3) is 0 Å². The van der Waals surface area contributed by atoms with Gasteiger partial charge in [-0.1, -0.05) is 12.1 Å². The molecule has 1 aromatic carbocycles. The summed E-state index contributed by atoms with van der Waals surface area (Å²) < 4.78 is 10.4. The van der Waals surface area contributed by atoms with Crippen LogP contribution < -0.4 is 4.74 Å². The van der Waals surface area contributed by atoms with E-state index in [1.807, 2.05) is 12.1 Å². The number of methoxy groups -OCH3 is 1. The molecule has 3 heteroatoms. The van der Waals surface area contributed by atoms with Crippen LogP contribution in [0.3, 0.4) is 0 Å². The first-order valence-corrected chi connectivity index (χ1v) is 4.05. The third-order valence-electron chi connectivity index (χ3n) is 2.24. The summed E-state index contributed by atoms with van der Waals surface area (Å²) in [7, 11) is 1.46. The molecular weight excluding hydrogens is 168 g/mol. The zero-order chi connectivity index (χ0) is 9.47. The smallest absolute Gasteiger partial charge is 0.272 e. The Morgan fingerprint density at radius 3 is 2.69 bits per heavy atom. The van der Waals surface area contributed by atoms with Crippen LogP contribution in [0.1, 0.15) is 17.3 Å². The van der Waals surface area contributed by atoms with Gasteiger partial charge in [-0.2, -0.15) is 0 Å². The Morgan fingerprint density at radius 1 is 1.38 bits per heavy atom. The fourth-order valence-corrected chi connectivity index (χ4v) is 1.38. The van der Waals surface area contributed by atoms with Gasteiger partial charge in [-0.15, -0.1) is 0 Å². The van der Waals surface area contributed by atoms with Crippen LogP contribution in [0, 0.1) is 0 Å². The maximum atomic E-state index is 11.7. The van der Waals surface area contributed by atoms with Crippen molar-refractivity contribution in [2.24, 2.45) is 0 Å². The van der Waals surface area contributed by atoms with Gasteiger partial charge in [0.25, 0.3) is 5.79 Å². The summed E-state index contributed by atoms with van der Waals surface area (Å²) in [5, 5.41) is 0. The third-order valence-corrected chi connectivity index (χ3v) is 2.24. The Hall–Kier alpha value is -1.35. The molecule has 68 valence electrons. The molecule has 0 aliphatic carbocycles. The molecule has 1 aliphatic rings. The third kappa shape index (κ3) is 1.04. The summed E-state index contributed by atoms with van der Waals surface area (Å²) >= 11 is 0. The SMILES string of the molecule is COC1(C)Oc2ccccc2C1=O. The van der Waals surface area contributed by atoms with E-state index in [-0.39, 0.29) is 5.78 Å². The van der Waals surface area contributed by atoms with E-state index in [2.05, 4.69) is 0 Å². The molecule has 0 amide bonds. The Balaban J connectivity index is 2.50.